The van der Waals surface area contributed by atoms with Crippen LogP contribution < -0.4 is 4.90 Å². The zero-order valence-corrected chi connectivity index (χ0v) is 17.9. The molecule has 2 aromatic rings. The Balaban J connectivity index is 1.63. The lowest BCUT2D eigenvalue weighted by atomic mass is 10.1. The highest BCUT2D eigenvalue weighted by molar-refractivity contribution is 7.99. The van der Waals surface area contributed by atoms with Crippen molar-refractivity contribution in [2.45, 2.75) is 32.2 Å². The molecule has 146 valence electrons. The molecule has 1 aliphatic rings. The molecule has 0 unspecified atom stereocenters. The Morgan fingerprint density at radius 2 is 1.74 bits per heavy atom. The van der Waals surface area contributed by atoms with E-state index < -0.39 is 0 Å². The van der Waals surface area contributed by atoms with Gasteiger partial charge in [-0.25, -0.2) is 4.39 Å². The largest absolute Gasteiger partial charge is 0.367 e. The van der Waals surface area contributed by atoms with E-state index in [1.54, 1.807) is 6.07 Å². The normalized spacial score (nSPS) is 15.6. The van der Waals surface area contributed by atoms with Gasteiger partial charge in [-0.05, 0) is 48.2 Å². The van der Waals surface area contributed by atoms with E-state index in [9.17, 15) is 4.39 Å². The summed E-state index contributed by atoms with van der Waals surface area (Å²) in [6.07, 6.45) is 0. The fourth-order valence-electron chi connectivity index (χ4n) is 3.29. The lowest BCUT2D eigenvalue weighted by Crippen LogP contribution is -2.46. The number of hydrogen-bond acceptors (Lipinski definition) is 3. The molecule has 27 heavy (non-hydrogen) atoms. The van der Waals surface area contributed by atoms with Crippen molar-refractivity contribution in [1.82, 2.24) is 4.90 Å². The number of halogens is 2. The van der Waals surface area contributed by atoms with Crippen molar-refractivity contribution < 1.29 is 4.39 Å². The van der Waals surface area contributed by atoms with Crippen LogP contribution in [0.4, 0.5) is 10.1 Å². The van der Waals surface area contributed by atoms with Gasteiger partial charge in [-0.15, -0.1) is 11.8 Å². The predicted octanol–water partition coefficient (Wildman–Crippen LogP) is 5.86. The SMILES string of the molecule is Cc1cc(F)c(N2CCN(Cc3ccc(Cl)cc3)CC2)cc1SCC(C)C. The zero-order valence-electron chi connectivity index (χ0n) is 16.3. The first kappa shape index (κ1) is 20.5. The van der Waals surface area contributed by atoms with Gasteiger partial charge in [0.05, 0.1) is 5.69 Å². The van der Waals surface area contributed by atoms with Crippen molar-refractivity contribution in [1.29, 1.82) is 0 Å². The number of aryl methyl sites for hydroxylation is 1. The first-order valence-electron chi connectivity index (χ1n) is 9.57. The zero-order chi connectivity index (χ0) is 19.4. The lowest BCUT2D eigenvalue weighted by Gasteiger charge is -2.36. The maximum absolute atomic E-state index is 14.6. The van der Waals surface area contributed by atoms with E-state index in [4.69, 9.17) is 11.6 Å². The topological polar surface area (TPSA) is 6.48 Å². The van der Waals surface area contributed by atoms with Gasteiger partial charge in [0.1, 0.15) is 5.82 Å². The number of rotatable bonds is 6. The van der Waals surface area contributed by atoms with E-state index in [-0.39, 0.29) is 5.82 Å². The molecule has 2 aromatic carbocycles. The fourth-order valence-corrected chi connectivity index (χ4v) is 4.41. The van der Waals surface area contributed by atoms with E-state index in [1.165, 1.54) is 10.5 Å². The van der Waals surface area contributed by atoms with E-state index in [0.717, 1.165) is 54.8 Å². The smallest absolute Gasteiger partial charge is 0.146 e. The van der Waals surface area contributed by atoms with E-state index in [0.29, 0.717) is 5.92 Å². The van der Waals surface area contributed by atoms with Crippen LogP contribution in [0.2, 0.25) is 5.02 Å². The van der Waals surface area contributed by atoms with Gasteiger partial charge in [0.2, 0.25) is 0 Å². The maximum Gasteiger partial charge on any atom is 0.146 e. The van der Waals surface area contributed by atoms with Gasteiger partial charge in [0, 0.05) is 48.4 Å². The fraction of sp³-hybridized carbons (Fsp3) is 0.455. The first-order valence-corrected chi connectivity index (χ1v) is 10.9. The van der Waals surface area contributed by atoms with Gasteiger partial charge < -0.3 is 4.90 Å². The summed E-state index contributed by atoms with van der Waals surface area (Å²) in [7, 11) is 0. The third-order valence-corrected chi connectivity index (χ3v) is 6.69. The van der Waals surface area contributed by atoms with Gasteiger partial charge >= 0.3 is 0 Å². The van der Waals surface area contributed by atoms with Gasteiger partial charge in [0.15, 0.2) is 0 Å². The molecule has 0 saturated carbocycles. The molecule has 0 N–H and O–H groups in total. The van der Waals surface area contributed by atoms with Crippen LogP contribution in [-0.4, -0.2) is 36.8 Å². The number of thioether (sulfide) groups is 1. The molecule has 1 heterocycles. The number of anilines is 1. The van der Waals surface area contributed by atoms with Gasteiger partial charge in [-0.3, -0.25) is 4.90 Å². The van der Waals surface area contributed by atoms with Gasteiger partial charge in [-0.2, -0.15) is 0 Å². The summed E-state index contributed by atoms with van der Waals surface area (Å²) in [5.41, 5.74) is 3.04. The number of piperazine rings is 1. The molecule has 0 aromatic heterocycles. The third kappa shape index (κ3) is 5.63. The predicted molar refractivity (Wildman–Crippen MR) is 116 cm³/mol. The molecule has 3 rings (SSSR count). The van der Waals surface area contributed by atoms with Crippen molar-refractivity contribution in [3.8, 4) is 0 Å². The molecule has 2 nitrogen and oxygen atoms in total. The average molecular weight is 407 g/mol. The van der Waals surface area contributed by atoms with Crippen molar-refractivity contribution in [3.63, 3.8) is 0 Å². The van der Waals surface area contributed by atoms with Crippen molar-refractivity contribution >= 4 is 29.1 Å². The van der Waals surface area contributed by atoms with Crippen LogP contribution in [0.25, 0.3) is 0 Å². The summed E-state index contributed by atoms with van der Waals surface area (Å²) in [5.74, 6) is 1.58. The number of nitrogens with zero attached hydrogens (tertiary/aromatic N) is 2. The lowest BCUT2D eigenvalue weighted by molar-refractivity contribution is 0.249. The molecule has 0 aliphatic carbocycles. The van der Waals surface area contributed by atoms with Crippen LogP contribution in [-0.2, 0) is 6.54 Å². The quantitative estimate of drug-likeness (QED) is 0.555. The summed E-state index contributed by atoms with van der Waals surface area (Å²) in [6, 6.07) is 11.8. The molecule has 1 aliphatic heterocycles. The summed E-state index contributed by atoms with van der Waals surface area (Å²) >= 11 is 7.79. The second-order valence-corrected chi connectivity index (χ2v) is 9.16. The monoisotopic (exact) mass is 406 g/mol. The van der Waals surface area contributed by atoms with E-state index >= 15 is 0 Å². The van der Waals surface area contributed by atoms with Crippen LogP contribution in [0, 0.1) is 18.7 Å². The highest BCUT2D eigenvalue weighted by Gasteiger charge is 2.21. The maximum atomic E-state index is 14.6. The Kier molecular flexibility index (Phi) is 7.07. The summed E-state index contributed by atoms with van der Waals surface area (Å²) in [6.45, 7) is 10.9. The molecule has 0 radical (unpaired) electrons. The Morgan fingerprint density at radius 3 is 2.37 bits per heavy atom. The second-order valence-electron chi connectivity index (χ2n) is 7.66. The van der Waals surface area contributed by atoms with Crippen molar-refractivity contribution in [2.24, 2.45) is 5.92 Å². The Morgan fingerprint density at radius 1 is 1.07 bits per heavy atom. The Hall–Kier alpha value is -1.23. The minimum absolute atomic E-state index is 0.104. The van der Waals surface area contributed by atoms with E-state index in [2.05, 4.69) is 35.8 Å². The molecule has 1 saturated heterocycles. The third-order valence-electron chi connectivity index (χ3n) is 4.85. The summed E-state index contributed by atoms with van der Waals surface area (Å²) in [5, 5.41) is 0.768. The van der Waals surface area contributed by atoms with Gasteiger partial charge in [-0.1, -0.05) is 37.6 Å². The highest BCUT2D eigenvalue weighted by atomic mass is 35.5. The average Bonchev–Trinajstić information content (AvgIpc) is 2.64. The molecule has 1 fully saturated rings. The van der Waals surface area contributed by atoms with Crippen LogP contribution in [0.3, 0.4) is 0 Å². The standard InChI is InChI=1S/C22H28ClFN2S/c1-16(2)15-27-22-13-21(20(24)12-17(22)3)26-10-8-25(9-11-26)14-18-4-6-19(23)7-5-18/h4-7,12-13,16H,8-11,14-15H2,1-3H3. The molecule has 0 atom stereocenters. The summed E-state index contributed by atoms with van der Waals surface area (Å²) in [4.78, 5) is 5.80. The number of benzene rings is 2. The van der Waals surface area contributed by atoms with Crippen LogP contribution in [0.1, 0.15) is 25.0 Å². The van der Waals surface area contributed by atoms with Crippen LogP contribution >= 0.6 is 23.4 Å². The molecule has 0 amide bonds. The number of hydrogen-bond donors (Lipinski definition) is 0. The first-order chi connectivity index (χ1) is 12.9. The molecule has 5 heteroatoms. The Labute approximate surface area is 171 Å². The summed E-state index contributed by atoms with van der Waals surface area (Å²) < 4.78 is 14.6. The highest BCUT2D eigenvalue weighted by Crippen LogP contribution is 2.32. The van der Waals surface area contributed by atoms with E-state index in [1.807, 2.05) is 36.9 Å². The van der Waals surface area contributed by atoms with Crippen LogP contribution in [0.5, 0.6) is 0 Å². The molecule has 0 bridgehead atoms. The second kappa shape index (κ2) is 9.31. The van der Waals surface area contributed by atoms with Gasteiger partial charge in [0.25, 0.3) is 0 Å². The van der Waals surface area contributed by atoms with Crippen molar-refractivity contribution in [2.75, 3.05) is 36.8 Å². The molecule has 0 spiro atoms. The molecular formula is C22H28ClFN2S. The molecular weight excluding hydrogens is 379 g/mol. The minimum atomic E-state index is -0.104. The minimum Gasteiger partial charge on any atom is -0.367 e. The Bertz CT molecular complexity index is 756. The van der Waals surface area contributed by atoms with Crippen molar-refractivity contribution in [3.05, 3.63) is 58.4 Å². The van der Waals surface area contributed by atoms with Crippen LogP contribution in [0.15, 0.2) is 41.3 Å².